The Labute approximate surface area is 176 Å². The number of aromatic amines is 1. The van der Waals surface area contributed by atoms with Gasteiger partial charge in [0.1, 0.15) is 5.69 Å². The molecule has 1 saturated carbocycles. The van der Waals surface area contributed by atoms with E-state index in [2.05, 4.69) is 15.3 Å². The van der Waals surface area contributed by atoms with E-state index in [1.54, 1.807) is 42.7 Å². The first-order valence-corrected chi connectivity index (χ1v) is 11.8. The Hall–Kier alpha value is -2.71. The Morgan fingerprint density at radius 2 is 1.87 bits per heavy atom. The summed E-state index contributed by atoms with van der Waals surface area (Å²) < 4.78 is 25.4. The predicted octanol–water partition coefficient (Wildman–Crippen LogP) is 2.78. The van der Waals surface area contributed by atoms with E-state index in [-0.39, 0.29) is 23.6 Å². The van der Waals surface area contributed by atoms with Crippen molar-refractivity contribution in [2.45, 2.75) is 43.2 Å². The summed E-state index contributed by atoms with van der Waals surface area (Å²) in [5.74, 6) is 0.129. The van der Waals surface area contributed by atoms with Crippen LogP contribution in [0, 0.1) is 5.92 Å². The average molecular weight is 427 g/mol. The van der Waals surface area contributed by atoms with Gasteiger partial charge in [-0.15, -0.1) is 0 Å². The van der Waals surface area contributed by atoms with Crippen LogP contribution in [0.1, 0.15) is 41.7 Å². The zero-order valence-corrected chi connectivity index (χ0v) is 17.5. The maximum atomic E-state index is 12.7. The molecule has 0 bridgehead atoms. The van der Waals surface area contributed by atoms with E-state index in [1.165, 1.54) is 0 Å². The number of hydrogen-bond acceptors (Lipinski definition) is 5. The average Bonchev–Trinajstić information content (AvgIpc) is 3.18. The van der Waals surface area contributed by atoms with Gasteiger partial charge in [-0.1, -0.05) is 12.1 Å². The highest BCUT2D eigenvalue weighted by atomic mass is 32.2. The Morgan fingerprint density at radius 3 is 2.57 bits per heavy atom. The van der Waals surface area contributed by atoms with Crippen molar-refractivity contribution in [3.63, 3.8) is 0 Å². The number of fused-ring (bicyclic) bond motifs is 1. The highest BCUT2D eigenvalue weighted by Crippen LogP contribution is 2.26. The van der Waals surface area contributed by atoms with Crippen molar-refractivity contribution in [3.05, 3.63) is 60.0 Å². The van der Waals surface area contributed by atoms with E-state index < -0.39 is 9.84 Å². The fraction of sp³-hybridized carbons (Fsp3) is 0.364. The molecule has 7 nitrogen and oxygen atoms in total. The summed E-state index contributed by atoms with van der Waals surface area (Å²) in [5, 5.41) is 3.72. The van der Waals surface area contributed by atoms with E-state index in [4.69, 9.17) is 5.73 Å². The van der Waals surface area contributed by atoms with Crippen molar-refractivity contribution >= 4 is 26.6 Å². The molecular formula is C22H26N4O3S. The monoisotopic (exact) mass is 426 g/mol. The van der Waals surface area contributed by atoms with Crippen LogP contribution in [-0.2, 0) is 16.4 Å². The molecule has 1 aliphatic rings. The second-order valence-electron chi connectivity index (χ2n) is 8.03. The summed E-state index contributed by atoms with van der Waals surface area (Å²) in [7, 11) is -3.32. The second kappa shape index (κ2) is 8.57. The number of nitrogens with two attached hydrogens (primary N) is 1. The molecule has 4 N–H and O–H groups in total. The van der Waals surface area contributed by atoms with Gasteiger partial charge >= 0.3 is 0 Å². The van der Waals surface area contributed by atoms with Gasteiger partial charge in [-0.25, -0.2) is 8.42 Å². The fourth-order valence-corrected chi connectivity index (χ4v) is 5.65. The number of hydrogen-bond donors (Lipinski definition) is 3. The van der Waals surface area contributed by atoms with E-state index in [1.807, 2.05) is 6.07 Å². The number of amides is 1. The smallest absolute Gasteiger partial charge is 0.267 e. The van der Waals surface area contributed by atoms with Crippen LogP contribution < -0.4 is 11.1 Å². The van der Waals surface area contributed by atoms with Gasteiger partial charge in [0.05, 0.1) is 10.6 Å². The van der Waals surface area contributed by atoms with Gasteiger partial charge in [-0.3, -0.25) is 9.78 Å². The van der Waals surface area contributed by atoms with Gasteiger partial charge in [0, 0.05) is 35.9 Å². The molecule has 0 unspecified atom stereocenters. The molecule has 3 aromatic rings. The Balaban J connectivity index is 1.35. The molecule has 158 valence electrons. The van der Waals surface area contributed by atoms with Gasteiger partial charge in [0.15, 0.2) is 9.84 Å². The number of nitrogens with one attached hydrogen (secondary N) is 2. The van der Waals surface area contributed by atoms with Crippen molar-refractivity contribution < 1.29 is 13.2 Å². The Morgan fingerprint density at radius 1 is 1.13 bits per heavy atom. The molecular weight excluding hydrogens is 400 g/mol. The quantitative estimate of drug-likeness (QED) is 0.560. The lowest BCUT2D eigenvalue weighted by Crippen LogP contribution is -2.29. The van der Waals surface area contributed by atoms with E-state index in [0.717, 1.165) is 42.1 Å². The van der Waals surface area contributed by atoms with Crippen LogP contribution >= 0.6 is 0 Å². The number of carbonyl (C=O) groups is 1. The zero-order valence-electron chi connectivity index (χ0n) is 16.7. The maximum Gasteiger partial charge on any atom is 0.267 e. The standard InChI is InChI=1S/C22H26N4O3S/c23-18-5-1-16(2-6-18)14-30(28,29)19-7-3-15(4-8-19)12-25-22(27)21-11-17-13-24-10-9-20(17)26-21/h3-4,7-11,13,16,18,26H,1-2,5-6,12,14,23H2,(H,25,27). The summed E-state index contributed by atoms with van der Waals surface area (Å²) in [6, 6.07) is 10.5. The lowest BCUT2D eigenvalue weighted by atomic mass is 9.88. The molecule has 0 aliphatic heterocycles. The van der Waals surface area contributed by atoms with Crippen molar-refractivity contribution in [2.24, 2.45) is 11.7 Å². The first-order valence-electron chi connectivity index (χ1n) is 10.2. The zero-order chi connectivity index (χ0) is 21.1. The van der Waals surface area contributed by atoms with Gasteiger partial charge < -0.3 is 16.0 Å². The topological polar surface area (TPSA) is 118 Å². The van der Waals surface area contributed by atoms with Crippen LogP contribution in [-0.4, -0.2) is 36.1 Å². The van der Waals surface area contributed by atoms with Crippen molar-refractivity contribution in [2.75, 3.05) is 5.75 Å². The molecule has 1 amide bonds. The molecule has 4 rings (SSSR count). The van der Waals surface area contributed by atoms with Crippen LogP contribution in [0.15, 0.2) is 53.7 Å². The van der Waals surface area contributed by atoms with E-state index in [0.29, 0.717) is 17.1 Å². The number of nitrogens with zero attached hydrogens (tertiary/aromatic N) is 1. The summed E-state index contributed by atoms with van der Waals surface area (Å²) in [4.78, 5) is 19.8. The number of benzene rings is 1. The molecule has 1 fully saturated rings. The predicted molar refractivity (Wildman–Crippen MR) is 116 cm³/mol. The van der Waals surface area contributed by atoms with Gasteiger partial charge in [-0.05, 0) is 61.4 Å². The van der Waals surface area contributed by atoms with Crippen LogP contribution in [0.4, 0.5) is 0 Å². The molecule has 2 aromatic heterocycles. The molecule has 0 radical (unpaired) electrons. The van der Waals surface area contributed by atoms with E-state index >= 15 is 0 Å². The van der Waals surface area contributed by atoms with Gasteiger partial charge in [-0.2, -0.15) is 0 Å². The SMILES string of the molecule is NC1CCC(CS(=O)(=O)c2ccc(CNC(=O)c3cc4cnccc4[nH]3)cc2)CC1. The number of H-pyrrole nitrogens is 1. The van der Waals surface area contributed by atoms with Gasteiger partial charge in [0.2, 0.25) is 0 Å². The van der Waals surface area contributed by atoms with Crippen molar-refractivity contribution in [1.82, 2.24) is 15.3 Å². The third kappa shape index (κ3) is 4.71. The van der Waals surface area contributed by atoms with Crippen LogP contribution in [0.3, 0.4) is 0 Å². The van der Waals surface area contributed by atoms with Crippen LogP contribution in [0.25, 0.3) is 10.9 Å². The second-order valence-corrected chi connectivity index (χ2v) is 10.1. The minimum absolute atomic E-state index is 0.172. The third-order valence-electron chi connectivity index (χ3n) is 5.75. The maximum absolute atomic E-state index is 12.7. The normalized spacial score (nSPS) is 19.6. The summed E-state index contributed by atoms with van der Waals surface area (Å²) >= 11 is 0. The van der Waals surface area contributed by atoms with Crippen LogP contribution in [0.5, 0.6) is 0 Å². The first kappa shape index (κ1) is 20.6. The third-order valence-corrected chi connectivity index (χ3v) is 7.65. The molecule has 0 saturated heterocycles. The molecule has 1 aliphatic carbocycles. The summed E-state index contributed by atoms with van der Waals surface area (Å²) in [5.41, 5.74) is 8.06. The van der Waals surface area contributed by atoms with E-state index in [9.17, 15) is 13.2 Å². The molecule has 0 spiro atoms. The molecule has 8 heteroatoms. The fourth-order valence-electron chi connectivity index (χ4n) is 3.95. The Kier molecular flexibility index (Phi) is 5.87. The number of pyridine rings is 1. The Bertz CT molecular complexity index is 1100. The summed E-state index contributed by atoms with van der Waals surface area (Å²) in [6.45, 7) is 0.313. The highest BCUT2D eigenvalue weighted by Gasteiger charge is 2.25. The highest BCUT2D eigenvalue weighted by molar-refractivity contribution is 7.91. The first-order chi connectivity index (χ1) is 14.4. The number of carbonyl (C=O) groups excluding carboxylic acids is 1. The minimum atomic E-state index is -3.32. The number of rotatable bonds is 6. The van der Waals surface area contributed by atoms with Gasteiger partial charge in [0.25, 0.3) is 5.91 Å². The minimum Gasteiger partial charge on any atom is -0.350 e. The molecule has 0 atom stereocenters. The van der Waals surface area contributed by atoms with Crippen LogP contribution in [0.2, 0.25) is 0 Å². The molecule has 30 heavy (non-hydrogen) atoms. The number of aromatic nitrogens is 2. The summed E-state index contributed by atoms with van der Waals surface area (Å²) in [6.07, 6.45) is 6.89. The largest absolute Gasteiger partial charge is 0.350 e. The molecule has 1 aromatic carbocycles. The lowest BCUT2D eigenvalue weighted by Gasteiger charge is -2.25. The van der Waals surface area contributed by atoms with Crippen molar-refractivity contribution in [1.29, 1.82) is 0 Å². The van der Waals surface area contributed by atoms with Crippen molar-refractivity contribution in [3.8, 4) is 0 Å². The molecule has 2 heterocycles. The number of sulfone groups is 1. The lowest BCUT2D eigenvalue weighted by molar-refractivity contribution is 0.0946.